The number of rotatable bonds is 7. The van der Waals surface area contributed by atoms with Gasteiger partial charge in [0.25, 0.3) is 0 Å². The summed E-state index contributed by atoms with van der Waals surface area (Å²) in [5.41, 5.74) is 4.48. The molecule has 3 aromatic carbocycles. The Bertz CT molecular complexity index is 1640. The summed E-state index contributed by atoms with van der Waals surface area (Å²) >= 11 is 0. The van der Waals surface area contributed by atoms with Crippen LogP contribution in [0.2, 0.25) is 0 Å². The van der Waals surface area contributed by atoms with Crippen molar-refractivity contribution in [2.75, 3.05) is 11.9 Å². The number of hydrogen-bond acceptors (Lipinski definition) is 6. The number of halogens is 3. The highest BCUT2D eigenvalue weighted by Crippen LogP contribution is 2.39. The molecule has 4 aromatic rings. The molecule has 0 aliphatic carbocycles. The summed E-state index contributed by atoms with van der Waals surface area (Å²) in [5.74, 6) is -2.70. The van der Waals surface area contributed by atoms with Crippen LogP contribution in [0.15, 0.2) is 79.1 Å². The smallest absolute Gasteiger partial charge is 0.392 e. The van der Waals surface area contributed by atoms with Crippen molar-refractivity contribution in [3.05, 3.63) is 95.8 Å². The molecule has 1 aromatic heterocycles. The zero-order chi connectivity index (χ0) is 30.8. The van der Waals surface area contributed by atoms with Crippen LogP contribution in [0.5, 0.6) is 0 Å². The zero-order valence-corrected chi connectivity index (χ0v) is 23.6. The maximum Gasteiger partial charge on any atom is 0.471 e. The Morgan fingerprint density at radius 2 is 1.80 bits per heavy atom. The maximum absolute atomic E-state index is 13.1. The van der Waals surface area contributed by atoms with Crippen molar-refractivity contribution in [1.82, 2.24) is 14.5 Å². The standard InChI is InChI=1S/C32H31F3N4O5/c33-32(34,35)31(42)39-14-4-9-27(39)29(41)37-23-6-3-5-22(15-23)30-43-24(17-38-19-36-25-7-1-2-8-26(25)38)16-28(44-30)21-12-10-20(18-40)11-13-21/h1-3,5-8,10-13,15,19,24,27-28,30,40H,4,9,14,16-18H2,(H,37,41)/t24-,27-,28+,30+/m0/s1. The second-order valence-electron chi connectivity index (χ2n) is 11.0. The third-order valence-corrected chi connectivity index (χ3v) is 8.03. The normalized spacial score (nSPS) is 22.3. The summed E-state index contributed by atoms with van der Waals surface area (Å²) in [5, 5.41) is 12.2. The maximum atomic E-state index is 13.1. The van der Waals surface area contributed by atoms with E-state index in [-0.39, 0.29) is 31.8 Å². The van der Waals surface area contributed by atoms with Gasteiger partial charge in [-0.05, 0) is 48.2 Å². The molecule has 0 radical (unpaired) electrons. The zero-order valence-electron chi connectivity index (χ0n) is 23.6. The molecule has 2 aliphatic heterocycles. The molecule has 2 N–H and O–H groups in total. The monoisotopic (exact) mass is 608 g/mol. The molecule has 2 saturated heterocycles. The van der Waals surface area contributed by atoms with Gasteiger partial charge >= 0.3 is 12.1 Å². The lowest BCUT2D eigenvalue weighted by molar-refractivity contribution is -0.252. The second-order valence-corrected chi connectivity index (χ2v) is 11.0. The number of hydrogen-bond donors (Lipinski definition) is 2. The number of aromatic nitrogens is 2. The molecular weight excluding hydrogens is 577 g/mol. The number of nitrogens with one attached hydrogen (secondary N) is 1. The first-order valence-corrected chi connectivity index (χ1v) is 14.4. The van der Waals surface area contributed by atoms with Crippen molar-refractivity contribution in [1.29, 1.82) is 0 Å². The molecule has 2 fully saturated rings. The Kier molecular flexibility index (Phi) is 8.39. The van der Waals surface area contributed by atoms with E-state index in [9.17, 15) is 27.9 Å². The SMILES string of the molecule is O=C(Nc1cccc([C@@H]2O[C@H](Cn3cnc4ccccc43)C[C@H](c3ccc(CO)cc3)O2)c1)[C@@H]1CCCN1C(=O)C(F)(F)F. The van der Waals surface area contributed by atoms with Gasteiger partial charge in [0.2, 0.25) is 5.91 Å². The molecular formula is C32H31F3N4O5. The van der Waals surface area contributed by atoms with Gasteiger partial charge in [-0.2, -0.15) is 13.2 Å². The lowest BCUT2D eigenvalue weighted by Crippen LogP contribution is -2.48. The van der Waals surface area contributed by atoms with Crippen molar-refractivity contribution in [2.45, 2.75) is 63.1 Å². The van der Waals surface area contributed by atoms with E-state index in [1.165, 1.54) is 0 Å². The number of nitrogens with zero attached hydrogens (tertiary/aromatic N) is 3. The second kappa shape index (κ2) is 12.4. The first-order valence-electron chi connectivity index (χ1n) is 14.4. The highest BCUT2D eigenvalue weighted by molar-refractivity contribution is 5.98. The summed E-state index contributed by atoms with van der Waals surface area (Å²) in [7, 11) is 0. The van der Waals surface area contributed by atoms with Gasteiger partial charge in [0.15, 0.2) is 6.29 Å². The number of ether oxygens (including phenoxy) is 2. The van der Waals surface area contributed by atoms with Crippen LogP contribution in [0, 0.1) is 0 Å². The van der Waals surface area contributed by atoms with E-state index in [0.717, 1.165) is 22.2 Å². The van der Waals surface area contributed by atoms with E-state index in [1.54, 1.807) is 30.6 Å². The fraction of sp³-hybridized carbons (Fsp3) is 0.344. The average Bonchev–Trinajstić information content (AvgIpc) is 3.68. The highest BCUT2D eigenvalue weighted by Gasteiger charge is 2.47. The van der Waals surface area contributed by atoms with Crippen molar-refractivity contribution in [2.24, 2.45) is 0 Å². The number of para-hydroxylation sites is 2. The van der Waals surface area contributed by atoms with E-state index in [2.05, 4.69) is 10.3 Å². The van der Waals surface area contributed by atoms with E-state index >= 15 is 0 Å². The van der Waals surface area contributed by atoms with Crippen molar-refractivity contribution in [3.63, 3.8) is 0 Å². The van der Waals surface area contributed by atoms with E-state index < -0.39 is 30.3 Å². The minimum absolute atomic E-state index is 0.0740. The van der Waals surface area contributed by atoms with Gasteiger partial charge in [-0.3, -0.25) is 9.59 Å². The predicted molar refractivity (Wildman–Crippen MR) is 154 cm³/mol. The lowest BCUT2D eigenvalue weighted by Gasteiger charge is -2.36. The number of amides is 2. The van der Waals surface area contributed by atoms with Gasteiger partial charge in [0.05, 0.1) is 42.7 Å². The summed E-state index contributed by atoms with van der Waals surface area (Å²) in [6.07, 6.45) is -3.74. The topological polar surface area (TPSA) is 106 Å². The minimum Gasteiger partial charge on any atom is -0.392 e. The summed E-state index contributed by atoms with van der Waals surface area (Å²) in [4.78, 5) is 29.9. The summed E-state index contributed by atoms with van der Waals surface area (Å²) in [6, 6.07) is 20.9. The Morgan fingerprint density at radius 3 is 2.57 bits per heavy atom. The number of likely N-dealkylation sites (tertiary alicyclic amines) is 1. The van der Waals surface area contributed by atoms with Crippen LogP contribution in [0.1, 0.15) is 48.3 Å². The van der Waals surface area contributed by atoms with Crippen LogP contribution in [0.3, 0.4) is 0 Å². The number of imidazole rings is 1. The summed E-state index contributed by atoms with van der Waals surface area (Å²) < 4.78 is 54.1. The summed E-state index contributed by atoms with van der Waals surface area (Å²) in [6.45, 7) is 0.302. The molecule has 0 saturated carbocycles. The van der Waals surface area contributed by atoms with Crippen molar-refractivity contribution >= 4 is 28.5 Å². The van der Waals surface area contributed by atoms with Crippen molar-refractivity contribution in [3.8, 4) is 0 Å². The van der Waals surface area contributed by atoms with Crippen LogP contribution in [-0.4, -0.2) is 56.2 Å². The number of carbonyl (C=O) groups excluding carboxylic acids is 2. The first kappa shape index (κ1) is 29.8. The van der Waals surface area contributed by atoms with Crippen LogP contribution in [0.4, 0.5) is 18.9 Å². The van der Waals surface area contributed by atoms with Crippen LogP contribution in [0.25, 0.3) is 11.0 Å². The van der Waals surface area contributed by atoms with Crippen LogP contribution >= 0.6 is 0 Å². The van der Waals surface area contributed by atoms with Gasteiger partial charge in [-0.1, -0.05) is 48.5 Å². The Balaban J connectivity index is 1.23. The van der Waals surface area contributed by atoms with E-state index in [0.29, 0.717) is 35.5 Å². The average molecular weight is 609 g/mol. The van der Waals surface area contributed by atoms with Gasteiger partial charge in [0.1, 0.15) is 6.04 Å². The molecule has 9 nitrogen and oxygen atoms in total. The highest BCUT2D eigenvalue weighted by atomic mass is 19.4. The van der Waals surface area contributed by atoms with Crippen LogP contribution in [-0.2, 0) is 32.2 Å². The lowest BCUT2D eigenvalue weighted by atomic mass is 10.00. The Hall–Kier alpha value is -4.26. The van der Waals surface area contributed by atoms with Gasteiger partial charge in [-0.25, -0.2) is 4.98 Å². The largest absolute Gasteiger partial charge is 0.471 e. The number of aliphatic hydroxyl groups excluding tert-OH is 1. The molecule has 0 spiro atoms. The van der Waals surface area contributed by atoms with Gasteiger partial charge < -0.3 is 29.4 Å². The van der Waals surface area contributed by atoms with E-state index in [4.69, 9.17) is 9.47 Å². The number of alkyl halides is 3. The molecule has 0 unspecified atom stereocenters. The molecule has 2 amide bonds. The fourth-order valence-electron chi connectivity index (χ4n) is 5.84. The van der Waals surface area contributed by atoms with Crippen molar-refractivity contribution < 1.29 is 37.3 Å². The molecule has 44 heavy (non-hydrogen) atoms. The third kappa shape index (κ3) is 6.33. The van der Waals surface area contributed by atoms with Crippen LogP contribution < -0.4 is 5.32 Å². The molecule has 2 aliphatic rings. The Morgan fingerprint density at radius 1 is 1.00 bits per heavy atom. The number of anilines is 1. The predicted octanol–water partition coefficient (Wildman–Crippen LogP) is 5.27. The number of benzene rings is 3. The number of aliphatic hydroxyl groups is 1. The first-order chi connectivity index (χ1) is 21.2. The van der Waals surface area contributed by atoms with E-state index in [1.807, 2.05) is 53.1 Å². The number of fused-ring (bicyclic) bond motifs is 1. The molecule has 0 bridgehead atoms. The molecule has 12 heteroatoms. The molecule has 4 atom stereocenters. The molecule has 6 rings (SSSR count). The molecule has 230 valence electrons. The third-order valence-electron chi connectivity index (χ3n) is 8.03. The minimum atomic E-state index is -5.05. The van der Waals surface area contributed by atoms with Gasteiger partial charge in [-0.15, -0.1) is 0 Å². The fourth-order valence-corrected chi connectivity index (χ4v) is 5.84. The van der Waals surface area contributed by atoms with Gasteiger partial charge in [0, 0.05) is 24.2 Å². The number of carbonyl (C=O) groups is 2. The quantitative estimate of drug-likeness (QED) is 0.296. The molecule has 3 heterocycles. The Labute approximate surface area is 251 Å².